The molecule has 0 heterocycles. The van der Waals surface area contributed by atoms with E-state index in [0.717, 1.165) is 27.8 Å². The lowest BCUT2D eigenvalue weighted by Crippen LogP contribution is -2.01. The van der Waals surface area contributed by atoms with E-state index in [2.05, 4.69) is 18.2 Å². The number of aryl methyl sites for hydroxylation is 2. The molecule has 0 bridgehead atoms. The molecule has 2 heteroatoms. The first-order valence-corrected chi connectivity index (χ1v) is 4.94. The van der Waals surface area contributed by atoms with Gasteiger partial charge in [0.25, 0.3) is 0 Å². The van der Waals surface area contributed by atoms with Crippen LogP contribution in [0, 0.1) is 43.4 Å². The Morgan fingerprint density at radius 2 is 1.33 bits per heavy atom. The third kappa shape index (κ3) is 2.17. The van der Waals surface area contributed by atoms with Gasteiger partial charge in [-0.25, -0.2) is 0 Å². The molecule has 0 unspecified atom stereocenters. The Morgan fingerprint density at radius 1 is 0.933 bits per heavy atom. The number of benzene rings is 1. The summed E-state index contributed by atoms with van der Waals surface area (Å²) in [5.41, 5.74) is 5.55. The maximum absolute atomic E-state index is 8.74. The van der Waals surface area contributed by atoms with Crippen molar-refractivity contribution in [3.8, 4) is 12.1 Å². The lowest BCUT2D eigenvalue weighted by atomic mass is 9.91. The van der Waals surface area contributed by atoms with Gasteiger partial charge in [-0.15, -0.1) is 0 Å². The van der Waals surface area contributed by atoms with Crippen molar-refractivity contribution in [3.05, 3.63) is 33.9 Å². The average molecular weight is 198 g/mol. The van der Waals surface area contributed by atoms with Gasteiger partial charge >= 0.3 is 0 Å². The van der Waals surface area contributed by atoms with Crippen molar-refractivity contribution in [2.75, 3.05) is 0 Å². The van der Waals surface area contributed by atoms with Gasteiger partial charge in [0, 0.05) is 0 Å². The summed E-state index contributed by atoms with van der Waals surface area (Å²) >= 11 is 0. The first-order valence-electron chi connectivity index (χ1n) is 4.94. The van der Waals surface area contributed by atoms with Gasteiger partial charge in [0.05, 0.1) is 25.0 Å². The molecule has 0 atom stereocenters. The van der Waals surface area contributed by atoms with Crippen molar-refractivity contribution < 1.29 is 0 Å². The molecule has 0 N–H and O–H groups in total. The molecule has 2 nitrogen and oxygen atoms in total. The van der Waals surface area contributed by atoms with Crippen LogP contribution in [0.15, 0.2) is 6.07 Å². The molecule has 76 valence electrons. The highest BCUT2D eigenvalue weighted by Gasteiger charge is 2.10. The van der Waals surface area contributed by atoms with Gasteiger partial charge in [0.1, 0.15) is 0 Å². The van der Waals surface area contributed by atoms with Gasteiger partial charge in [-0.1, -0.05) is 6.07 Å². The van der Waals surface area contributed by atoms with Crippen molar-refractivity contribution >= 4 is 0 Å². The quantitative estimate of drug-likeness (QED) is 0.733. The van der Waals surface area contributed by atoms with Gasteiger partial charge in [0.2, 0.25) is 0 Å². The van der Waals surface area contributed by atoms with Crippen LogP contribution in [0.3, 0.4) is 0 Å². The Kier molecular flexibility index (Phi) is 3.47. The molecule has 0 spiro atoms. The number of nitrogens with zero attached hydrogens (tertiary/aromatic N) is 2. The smallest absolute Gasteiger partial charge is 0.0669 e. The highest BCUT2D eigenvalue weighted by Crippen LogP contribution is 2.22. The third-order valence-electron chi connectivity index (χ3n) is 2.80. The van der Waals surface area contributed by atoms with Crippen molar-refractivity contribution in [3.63, 3.8) is 0 Å². The van der Waals surface area contributed by atoms with E-state index in [-0.39, 0.29) is 0 Å². The number of rotatable bonds is 2. The average Bonchev–Trinajstić information content (AvgIpc) is 2.19. The van der Waals surface area contributed by atoms with Gasteiger partial charge < -0.3 is 0 Å². The van der Waals surface area contributed by atoms with Crippen molar-refractivity contribution in [2.24, 2.45) is 0 Å². The minimum absolute atomic E-state index is 0.427. The molecule has 0 aromatic heterocycles. The predicted octanol–water partition coefficient (Wildman–Crippen LogP) is 2.74. The lowest BCUT2D eigenvalue weighted by Gasteiger charge is -2.13. The molecule has 0 saturated carbocycles. The fourth-order valence-corrected chi connectivity index (χ4v) is 1.97. The minimum Gasteiger partial charge on any atom is -0.198 e. The molecule has 0 amide bonds. The van der Waals surface area contributed by atoms with Crippen molar-refractivity contribution in [1.29, 1.82) is 10.5 Å². The Morgan fingerprint density at radius 3 is 1.67 bits per heavy atom. The van der Waals surface area contributed by atoms with Gasteiger partial charge in [-0.3, -0.25) is 0 Å². The maximum Gasteiger partial charge on any atom is 0.0669 e. The van der Waals surface area contributed by atoms with Crippen molar-refractivity contribution in [1.82, 2.24) is 0 Å². The van der Waals surface area contributed by atoms with Crippen LogP contribution < -0.4 is 0 Å². The zero-order valence-electron chi connectivity index (χ0n) is 9.39. The first kappa shape index (κ1) is 11.3. The van der Waals surface area contributed by atoms with Crippen LogP contribution in [0.25, 0.3) is 0 Å². The molecule has 0 aliphatic carbocycles. The summed E-state index contributed by atoms with van der Waals surface area (Å²) < 4.78 is 0. The molecule has 0 fully saturated rings. The molecule has 0 radical (unpaired) electrons. The Balaban J connectivity index is 3.37. The fraction of sp³-hybridized carbons (Fsp3) is 0.385. The molecule has 1 rings (SSSR count). The van der Waals surface area contributed by atoms with Crippen LogP contribution >= 0.6 is 0 Å². The topological polar surface area (TPSA) is 47.6 Å². The van der Waals surface area contributed by atoms with E-state index in [1.807, 2.05) is 20.8 Å². The van der Waals surface area contributed by atoms with E-state index >= 15 is 0 Å². The normalized spacial score (nSPS) is 9.40. The first-order chi connectivity index (χ1) is 7.11. The molecule has 1 aromatic carbocycles. The zero-order valence-corrected chi connectivity index (χ0v) is 9.39. The second-order valence-corrected chi connectivity index (χ2v) is 3.76. The second-order valence-electron chi connectivity index (χ2n) is 3.76. The summed E-state index contributed by atoms with van der Waals surface area (Å²) in [7, 11) is 0. The number of hydrogen-bond acceptors (Lipinski definition) is 2. The highest BCUT2D eigenvalue weighted by atomic mass is 14.3. The number of nitriles is 2. The number of hydrogen-bond donors (Lipinski definition) is 0. The minimum atomic E-state index is 0.427. The van der Waals surface area contributed by atoms with Crippen LogP contribution in [0.5, 0.6) is 0 Å². The van der Waals surface area contributed by atoms with Crippen LogP contribution in [-0.2, 0) is 12.8 Å². The molecule has 15 heavy (non-hydrogen) atoms. The standard InChI is InChI=1S/C13H14N2/c1-9-8-10(2)13(5-7-15)11(3)12(9)4-6-14/h8H,4-5H2,1-3H3. The van der Waals surface area contributed by atoms with E-state index < -0.39 is 0 Å². The van der Waals surface area contributed by atoms with Crippen LogP contribution in [0.1, 0.15) is 27.8 Å². The zero-order chi connectivity index (χ0) is 11.4. The summed E-state index contributed by atoms with van der Waals surface area (Å²) in [6, 6.07) is 6.40. The Hall–Kier alpha value is -1.80. The Bertz CT molecular complexity index is 419. The summed E-state index contributed by atoms with van der Waals surface area (Å²) in [5.74, 6) is 0. The van der Waals surface area contributed by atoms with Crippen LogP contribution in [0.2, 0.25) is 0 Å². The van der Waals surface area contributed by atoms with Crippen LogP contribution in [-0.4, -0.2) is 0 Å². The summed E-state index contributed by atoms with van der Waals surface area (Å²) in [4.78, 5) is 0. The predicted molar refractivity (Wildman–Crippen MR) is 59.3 cm³/mol. The van der Waals surface area contributed by atoms with Crippen LogP contribution in [0.4, 0.5) is 0 Å². The molecular formula is C13H14N2. The van der Waals surface area contributed by atoms with Gasteiger partial charge in [-0.05, 0) is 48.6 Å². The van der Waals surface area contributed by atoms with Crippen molar-refractivity contribution in [2.45, 2.75) is 33.6 Å². The fourth-order valence-electron chi connectivity index (χ4n) is 1.97. The molecule has 0 saturated heterocycles. The van der Waals surface area contributed by atoms with E-state index in [9.17, 15) is 0 Å². The lowest BCUT2D eigenvalue weighted by molar-refractivity contribution is 1.09. The third-order valence-corrected chi connectivity index (χ3v) is 2.80. The van der Waals surface area contributed by atoms with E-state index in [1.54, 1.807) is 0 Å². The Labute approximate surface area is 90.8 Å². The molecule has 1 aromatic rings. The maximum atomic E-state index is 8.74. The van der Waals surface area contributed by atoms with Gasteiger partial charge in [-0.2, -0.15) is 10.5 Å². The van der Waals surface area contributed by atoms with Gasteiger partial charge in [0.15, 0.2) is 0 Å². The summed E-state index contributed by atoms with van der Waals surface area (Å²) in [6.45, 7) is 6.03. The van der Waals surface area contributed by atoms with E-state index in [1.165, 1.54) is 0 Å². The summed E-state index contributed by atoms with van der Waals surface area (Å²) in [6.07, 6.45) is 0.854. The SMILES string of the molecule is Cc1cc(C)c(CC#N)c(C)c1CC#N. The molecule has 0 aliphatic heterocycles. The largest absolute Gasteiger partial charge is 0.198 e. The molecule has 0 aliphatic rings. The summed E-state index contributed by atoms with van der Waals surface area (Å²) in [5, 5.41) is 17.5. The van der Waals surface area contributed by atoms with E-state index in [0.29, 0.717) is 12.8 Å². The monoisotopic (exact) mass is 198 g/mol. The second kappa shape index (κ2) is 4.62. The van der Waals surface area contributed by atoms with E-state index in [4.69, 9.17) is 10.5 Å². The highest BCUT2D eigenvalue weighted by molar-refractivity contribution is 5.46. The molecular weight excluding hydrogens is 184 g/mol.